The number of benzene rings is 2. The Labute approximate surface area is 156 Å². The van der Waals surface area contributed by atoms with Crippen LogP contribution in [0.15, 0.2) is 53.1 Å². The fourth-order valence-electron chi connectivity index (χ4n) is 3.12. The average Bonchev–Trinajstić information content (AvgIpc) is 3.11. The number of hydrogen-bond donors (Lipinski definition) is 0. The zero-order chi connectivity index (χ0) is 17.9. The Balaban J connectivity index is 1.38. The topological polar surface area (TPSA) is 45.4 Å². The molecule has 0 saturated carbocycles. The number of nitrogens with zero attached hydrogens (tertiary/aromatic N) is 4. The zero-order valence-electron chi connectivity index (χ0n) is 14.1. The van der Waals surface area contributed by atoms with Crippen molar-refractivity contribution >= 4 is 17.3 Å². The van der Waals surface area contributed by atoms with Crippen molar-refractivity contribution in [2.24, 2.45) is 0 Å². The Bertz CT molecular complexity index is 893. The molecule has 3 aromatic rings. The quantitative estimate of drug-likeness (QED) is 0.696. The first-order valence-electron chi connectivity index (χ1n) is 8.50. The van der Waals surface area contributed by atoms with E-state index in [0.29, 0.717) is 29.0 Å². The molecule has 1 fully saturated rings. The van der Waals surface area contributed by atoms with E-state index in [1.165, 1.54) is 6.07 Å². The molecule has 0 bridgehead atoms. The van der Waals surface area contributed by atoms with Gasteiger partial charge in [-0.1, -0.05) is 41.0 Å². The third-order valence-electron chi connectivity index (χ3n) is 4.50. The third kappa shape index (κ3) is 3.57. The Morgan fingerprint density at radius 2 is 1.73 bits per heavy atom. The SMILES string of the molecule is Fc1ccccc1N1CCN(Cc2noc(-c3ccccc3Cl)n2)CC1. The molecule has 26 heavy (non-hydrogen) atoms. The number of anilines is 1. The van der Waals surface area contributed by atoms with Crippen molar-refractivity contribution in [2.75, 3.05) is 31.1 Å². The van der Waals surface area contributed by atoms with E-state index in [-0.39, 0.29) is 5.82 Å². The highest BCUT2D eigenvalue weighted by atomic mass is 35.5. The lowest BCUT2D eigenvalue weighted by Gasteiger charge is -2.35. The largest absolute Gasteiger partial charge is 0.367 e. The van der Waals surface area contributed by atoms with Gasteiger partial charge in [0, 0.05) is 26.2 Å². The van der Waals surface area contributed by atoms with Gasteiger partial charge < -0.3 is 9.42 Å². The monoisotopic (exact) mass is 372 g/mol. The Hall–Kier alpha value is -2.44. The first-order valence-corrected chi connectivity index (χ1v) is 8.88. The molecule has 0 unspecified atom stereocenters. The van der Waals surface area contributed by atoms with Crippen LogP contribution in [0.5, 0.6) is 0 Å². The van der Waals surface area contributed by atoms with Crippen LogP contribution in [0.1, 0.15) is 5.82 Å². The second-order valence-corrected chi connectivity index (χ2v) is 6.62. The van der Waals surface area contributed by atoms with Gasteiger partial charge in [-0.2, -0.15) is 4.98 Å². The van der Waals surface area contributed by atoms with Crippen LogP contribution < -0.4 is 4.90 Å². The molecule has 5 nitrogen and oxygen atoms in total. The molecule has 0 atom stereocenters. The minimum atomic E-state index is -0.177. The number of rotatable bonds is 4. The van der Waals surface area contributed by atoms with Crippen LogP contribution in [0.2, 0.25) is 5.02 Å². The van der Waals surface area contributed by atoms with Crippen molar-refractivity contribution in [2.45, 2.75) is 6.54 Å². The van der Waals surface area contributed by atoms with Gasteiger partial charge >= 0.3 is 0 Å². The summed E-state index contributed by atoms with van der Waals surface area (Å²) in [5.41, 5.74) is 1.39. The van der Waals surface area contributed by atoms with E-state index >= 15 is 0 Å². The van der Waals surface area contributed by atoms with E-state index in [4.69, 9.17) is 16.1 Å². The van der Waals surface area contributed by atoms with Gasteiger partial charge in [0.1, 0.15) is 5.82 Å². The van der Waals surface area contributed by atoms with Crippen LogP contribution in [0.3, 0.4) is 0 Å². The smallest absolute Gasteiger partial charge is 0.259 e. The zero-order valence-corrected chi connectivity index (χ0v) is 14.9. The van der Waals surface area contributed by atoms with Gasteiger partial charge in [0.15, 0.2) is 5.82 Å². The summed E-state index contributed by atoms with van der Waals surface area (Å²) in [6.45, 7) is 3.74. The van der Waals surface area contributed by atoms with E-state index in [1.54, 1.807) is 12.1 Å². The molecule has 2 aromatic carbocycles. The van der Waals surface area contributed by atoms with Gasteiger partial charge in [-0.25, -0.2) is 4.39 Å². The molecule has 134 valence electrons. The molecule has 1 aliphatic heterocycles. The minimum absolute atomic E-state index is 0.177. The molecular weight excluding hydrogens is 355 g/mol. The lowest BCUT2D eigenvalue weighted by Crippen LogP contribution is -2.46. The number of piperazine rings is 1. The number of hydrogen-bond acceptors (Lipinski definition) is 5. The normalized spacial score (nSPS) is 15.4. The summed E-state index contributed by atoms with van der Waals surface area (Å²) in [7, 11) is 0. The molecule has 0 aliphatic carbocycles. The predicted molar refractivity (Wildman–Crippen MR) is 98.6 cm³/mol. The van der Waals surface area contributed by atoms with Gasteiger partial charge in [-0.15, -0.1) is 0 Å². The first kappa shape index (κ1) is 17.0. The van der Waals surface area contributed by atoms with Crippen molar-refractivity contribution in [1.82, 2.24) is 15.0 Å². The van der Waals surface area contributed by atoms with Gasteiger partial charge in [0.05, 0.1) is 22.8 Å². The predicted octanol–water partition coefficient (Wildman–Crippen LogP) is 3.85. The summed E-state index contributed by atoms with van der Waals surface area (Å²) < 4.78 is 19.3. The van der Waals surface area contributed by atoms with Crippen LogP contribution >= 0.6 is 11.6 Å². The molecule has 0 spiro atoms. The summed E-state index contributed by atoms with van der Waals surface area (Å²) in [5.74, 6) is 0.873. The summed E-state index contributed by atoms with van der Waals surface area (Å²) in [6, 6.07) is 14.3. The van der Waals surface area contributed by atoms with E-state index in [1.807, 2.05) is 30.3 Å². The fourth-order valence-corrected chi connectivity index (χ4v) is 3.33. The van der Waals surface area contributed by atoms with Crippen LogP contribution in [0.4, 0.5) is 10.1 Å². The van der Waals surface area contributed by atoms with Crippen LogP contribution in [-0.4, -0.2) is 41.2 Å². The Morgan fingerprint density at radius 3 is 2.50 bits per heavy atom. The number of para-hydroxylation sites is 1. The second-order valence-electron chi connectivity index (χ2n) is 6.21. The van der Waals surface area contributed by atoms with Crippen molar-refractivity contribution in [3.05, 3.63) is 65.2 Å². The first-order chi connectivity index (χ1) is 12.7. The lowest BCUT2D eigenvalue weighted by atomic mass is 10.2. The molecule has 0 radical (unpaired) electrons. The Morgan fingerprint density at radius 1 is 1.00 bits per heavy atom. The molecular formula is C19H18ClFN4O. The highest BCUT2D eigenvalue weighted by molar-refractivity contribution is 6.33. The molecule has 0 amide bonds. The van der Waals surface area contributed by atoms with Crippen LogP contribution in [-0.2, 0) is 6.54 Å². The van der Waals surface area contributed by atoms with Crippen molar-refractivity contribution in [1.29, 1.82) is 0 Å². The minimum Gasteiger partial charge on any atom is -0.367 e. The maximum Gasteiger partial charge on any atom is 0.259 e. The van der Waals surface area contributed by atoms with Gasteiger partial charge in [0.2, 0.25) is 0 Å². The average molecular weight is 373 g/mol. The molecule has 1 saturated heterocycles. The fraction of sp³-hybridized carbons (Fsp3) is 0.263. The van der Waals surface area contributed by atoms with Crippen molar-refractivity contribution in [3.63, 3.8) is 0 Å². The summed E-state index contributed by atoms with van der Waals surface area (Å²) in [5, 5.41) is 4.64. The molecule has 1 aromatic heterocycles. The van der Waals surface area contributed by atoms with Gasteiger partial charge in [-0.3, -0.25) is 4.90 Å². The van der Waals surface area contributed by atoms with Gasteiger partial charge in [-0.05, 0) is 24.3 Å². The maximum absolute atomic E-state index is 13.9. The highest BCUT2D eigenvalue weighted by Crippen LogP contribution is 2.26. The summed E-state index contributed by atoms with van der Waals surface area (Å²) in [4.78, 5) is 8.75. The van der Waals surface area contributed by atoms with E-state index in [0.717, 1.165) is 31.7 Å². The molecule has 7 heteroatoms. The number of aromatic nitrogens is 2. The molecule has 2 heterocycles. The van der Waals surface area contributed by atoms with Crippen LogP contribution in [0, 0.1) is 5.82 Å². The van der Waals surface area contributed by atoms with E-state index in [2.05, 4.69) is 19.9 Å². The van der Waals surface area contributed by atoms with E-state index < -0.39 is 0 Å². The lowest BCUT2D eigenvalue weighted by molar-refractivity contribution is 0.239. The maximum atomic E-state index is 13.9. The summed E-state index contributed by atoms with van der Waals surface area (Å²) >= 11 is 6.17. The third-order valence-corrected chi connectivity index (χ3v) is 4.83. The van der Waals surface area contributed by atoms with Crippen molar-refractivity contribution in [3.8, 4) is 11.5 Å². The van der Waals surface area contributed by atoms with Gasteiger partial charge in [0.25, 0.3) is 5.89 Å². The standard InChI is InChI=1S/C19H18ClFN4O/c20-15-6-2-1-5-14(15)19-22-18(23-26-19)13-24-9-11-25(12-10-24)17-8-4-3-7-16(17)21/h1-8H,9-13H2. The molecule has 0 N–H and O–H groups in total. The summed E-state index contributed by atoms with van der Waals surface area (Å²) in [6.07, 6.45) is 0. The number of halogens is 2. The molecule has 1 aliphatic rings. The van der Waals surface area contributed by atoms with Crippen LogP contribution in [0.25, 0.3) is 11.5 Å². The van der Waals surface area contributed by atoms with E-state index in [9.17, 15) is 4.39 Å². The van der Waals surface area contributed by atoms with Crippen molar-refractivity contribution < 1.29 is 8.91 Å². The molecule has 4 rings (SSSR count). The second kappa shape index (κ2) is 7.43. The Kier molecular flexibility index (Phi) is 4.86. The highest BCUT2D eigenvalue weighted by Gasteiger charge is 2.21.